The van der Waals surface area contributed by atoms with Crippen LogP contribution < -0.4 is 14.2 Å². The van der Waals surface area contributed by atoms with Crippen LogP contribution in [0.15, 0.2) is 50.4 Å². The Labute approximate surface area is 143 Å². The van der Waals surface area contributed by atoms with Crippen molar-refractivity contribution in [2.45, 2.75) is 18.4 Å². The molecule has 3 aromatic rings. The second-order valence-electron chi connectivity index (χ2n) is 5.42. The van der Waals surface area contributed by atoms with Crippen LogP contribution in [0.4, 0.5) is 0 Å². The molecule has 0 saturated carbocycles. The van der Waals surface area contributed by atoms with Crippen LogP contribution in [-0.2, 0) is 16.6 Å². The molecule has 0 radical (unpaired) electrons. The Morgan fingerprint density at radius 2 is 1.96 bits per heavy atom. The van der Waals surface area contributed by atoms with Gasteiger partial charge in [-0.3, -0.25) is 0 Å². The number of aromatic nitrogens is 1. The smallest absolute Gasteiger partial charge is 0.244 e. The van der Waals surface area contributed by atoms with Crippen molar-refractivity contribution >= 4 is 10.0 Å². The van der Waals surface area contributed by atoms with Crippen LogP contribution in [0.5, 0.6) is 11.5 Å². The van der Waals surface area contributed by atoms with Crippen LogP contribution in [0.2, 0.25) is 0 Å². The van der Waals surface area contributed by atoms with E-state index in [0.717, 1.165) is 5.56 Å². The quantitative estimate of drug-likeness (QED) is 0.743. The zero-order valence-corrected chi connectivity index (χ0v) is 14.0. The van der Waals surface area contributed by atoms with E-state index in [4.69, 9.17) is 18.4 Å². The van der Waals surface area contributed by atoms with Gasteiger partial charge in [-0.15, -0.1) is 0 Å². The van der Waals surface area contributed by atoms with Crippen LogP contribution >= 0.6 is 0 Å². The Kier molecular flexibility index (Phi) is 3.74. The van der Waals surface area contributed by atoms with Crippen molar-refractivity contribution in [3.05, 3.63) is 47.9 Å². The van der Waals surface area contributed by atoms with Gasteiger partial charge >= 0.3 is 0 Å². The number of furan rings is 1. The largest absolute Gasteiger partial charge is 0.457 e. The Morgan fingerprint density at radius 3 is 2.76 bits per heavy atom. The highest BCUT2D eigenvalue weighted by atomic mass is 32.2. The maximum atomic E-state index is 12.6. The van der Waals surface area contributed by atoms with Crippen LogP contribution in [0.1, 0.15) is 11.3 Å². The minimum atomic E-state index is -3.75. The first kappa shape index (κ1) is 15.7. The molecule has 4 rings (SSSR count). The number of aryl methyl sites for hydroxylation is 1. The molecule has 2 aromatic heterocycles. The van der Waals surface area contributed by atoms with Crippen molar-refractivity contribution in [3.8, 4) is 23.0 Å². The Bertz CT molecular complexity index is 1010. The summed E-state index contributed by atoms with van der Waals surface area (Å²) in [6.07, 6.45) is 1.46. The Morgan fingerprint density at radius 1 is 1.12 bits per heavy atom. The molecular weight excluding hydrogens is 348 g/mol. The zero-order chi connectivity index (χ0) is 17.4. The molecule has 130 valence electrons. The van der Waals surface area contributed by atoms with E-state index in [1.165, 1.54) is 12.3 Å². The average molecular weight is 362 g/mol. The fraction of sp³-hybridized carbons (Fsp3) is 0.188. The normalized spacial score (nSPS) is 13.3. The number of rotatable bonds is 5. The van der Waals surface area contributed by atoms with Gasteiger partial charge in [-0.05, 0) is 24.6 Å². The lowest BCUT2D eigenvalue weighted by Gasteiger charge is -2.06. The third kappa shape index (κ3) is 2.99. The van der Waals surface area contributed by atoms with Crippen LogP contribution in [0, 0.1) is 6.92 Å². The maximum absolute atomic E-state index is 12.6. The number of benzene rings is 1. The molecule has 0 unspecified atom stereocenters. The third-order valence-corrected chi connectivity index (χ3v) is 5.25. The third-order valence-electron chi connectivity index (χ3n) is 3.75. The lowest BCUT2D eigenvalue weighted by Crippen LogP contribution is -2.23. The summed E-state index contributed by atoms with van der Waals surface area (Å²) in [6.45, 7) is 1.86. The fourth-order valence-electron chi connectivity index (χ4n) is 2.50. The molecule has 1 aliphatic rings. The molecule has 0 saturated heterocycles. The summed E-state index contributed by atoms with van der Waals surface area (Å²) in [6, 6.07) is 8.27. The van der Waals surface area contributed by atoms with Gasteiger partial charge in [-0.2, -0.15) is 0 Å². The number of sulfonamides is 1. The highest BCUT2D eigenvalue weighted by Gasteiger charge is 2.23. The number of fused-ring (bicyclic) bond motifs is 1. The second-order valence-corrected chi connectivity index (χ2v) is 7.16. The van der Waals surface area contributed by atoms with E-state index in [1.54, 1.807) is 31.2 Å². The topological polar surface area (TPSA) is 104 Å². The fourth-order valence-corrected chi connectivity index (χ4v) is 3.70. The van der Waals surface area contributed by atoms with Crippen molar-refractivity contribution in [2.75, 3.05) is 6.79 Å². The summed E-state index contributed by atoms with van der Waals surface area (Å²) in [5, 5.41) is 3.58. The summed E-state index contributed by atoms with van der Waals surface area (Å²) >= 11 is 0. The highest BCUT2D eigenvalue weighted by Crippen LogP contribution is 2.33. The van der Waals surface area contributed by atoms with Crippen molar-refractivity contribution in [3.63, 3.8) is 0 Å². The van der Waals surface area contributed by atoms with E-state index in [1.807, 2.05) is 0 Å². The molecule has 0 amide bonds. The van der Waals surface area contributed by atoms with Crippen molar-refractivity contribution in [2.24, 2.45) is 0 Å². The highest BCUT2D eigenvalue weighted by molar-refractivity contribution is 7.89. The molecule has 1 N–H and O–H groups in total. The van der Waals surface area contributed by atoms with E-state index in [9.17, 15) is 8.42 Å². The lowest BCUT2D eigenvalue weighted by atomic mass is 10.2. The van der Waals surface area contributed by atoms with Crippen molar-refractivity contribution < 1.29 is 26.8 Å². The summed E-state index contributed by atoms with van der Waals surface area (Å²) in [4.78, 5) is 0.0552. The van der Waals surface area contributed by atoms with Crippen molar-refractivity contribution in [1.29, 1.82) is 0 Å². The molecule has 0 aliphatic carbocycles. The minimum Gasteiger partial charge on any atom is -0.457 e. The van der Waals surface area contributed by atoms with E-state index < -0.39 is 10.0 Å². The van der Waals surface area contributed by atoms with Gasteiger partial charge in [0.15, 0.2) is 17.3 Å². The van der Waals surface area contributed by atoms with Gasteiger partial charge in [-0.25, -0.2) is 13.1 Å². The summed E-state index contributed by atoms with van der Waals surface area (Å²) in [7, 11) is -3.75. The SMILES string of the molecule is Cc1oc(-c2ccno2)cc1S(=O)(=O)NCc1ccc2c(c1)OCO2. The average Bonchev–Trinajstić information content (AvgIpc) is 3.32. The van der Waals surface area contributed by atoms with Gasteiger partial charge in [0.25, 0.3) is 0 Å². The summed E-state index contributed by atoms with van der Waals surface area (Å²) < 4.78 is 48.7. The van der Waals surface area contributed by atoms with E-state index >= 15 is 0 Å². The van der Waals surface area contributed by atoms with Gasteiger partial charge in [0.1, 0.15) is 10.7 Å². The van der Waals surface area contributed by atoms with Crippen LogP contribution in [0.25, 0.3) is 11.5 Å². The van der Waals surface area contributed by atoms with Crippen LogP contribution in [0.3, 0.4) is 0 Å². The van der Waals surface area contributed by atoms with E-state index in [0.29, 0.717) is 23.0 Å². The summed E-state index contributed by atoms with van der Waals surface area (Å²) in [5.74, 6) is 2.18. The molecular formula is C16H14N2O6S. The minimum absolute atomic E-state index is 0.0552. The van der Waals surface area contributed by atoms with Crippen molar-refractivity contribution in [1.82, 2.24) is 9.88 Å². The van der Waals surface area contributed by atoms with Gasteiger partial charge in [0.05, 0.1) is 6.20 Å². The van der Waals surface area contributed by atoms with Gasteiger partial charge in [0.2, 0.25) is 22.6 Å². The van der Waals surface area contributed by atoms with Gasteiger partial charge < -0.3 is 18.4 Å². The molecule has 0 fully saturated rings. The molecule has 1 aliphatic heterocycles. The second kappa shape index (κ2) is 5.94. The zero-order valence-electron chi connectivity index (χ0n) is 13.2. The molecule has 1 aromatic carbocycles. The number of nitrogens with zero attached hydrogens (tertiary/aromatic N) is 1. The van der Waals surface area contributed by atoms with Gasteiger partial charge in [-0.1, -0.05) is 11.2 Å². The number of hydrogen-bond donors (Lipinski definition) is 1. The monoisotopic (exact) mass is 362 g/mol. The summed E-state index contributed by atoms with van der Waals surface area (Å²) in [5.41, 5.74) is 0.754. The van der Waals surface area contributed by atoms with E-state index in [-0.39, 0.29) is 24.0 Å². The Balaban J connectivity index is 1.54. The molecule has 0 bridgehead atoms. The van der Waals surface area contributed by atoms with Crippen LogP contribution in [-0.4, -0.2) is 20.4 Å². The predicted molar refractivity (Wildman–Crippen MR) is 85.5 cm³/mol. The number of nitrogens with one attached hydrogen (secondary N) is 1. The first-order valence-electron chi connectivity index (χ1n) is 7.42. The van der Waals surface area contributed by atoms with E-state index in [2.05, 4.69) is 9.88 Å². The Hall–Kier alpha value is -2.78. The first-order chi connectivity index (χ1) is 12.0. The molecule has 9 heteroatoms. The molecule has 25 heavy (non-hydrogen) atoms. The molecule has 0 spiro atoms. The molecule has 0 atom stereocenters. The molecule has 3 heterocycles. The maximum Gasteiger partial charge on any atom is 0.244 e. The predicted octanol–water partition coefficient (Wildman–Crippen LogP) is 2.45. The van der Waals surface area contributed by atoms with Gasteiger partial charge in [0, 0.05) is 18.7 Å². The standard InChI is InChI=1S/C16H14N2O6S/c1-10-16(7-15(23-10)13-4-5-17-24-13)25(19,20)18-8-11-2-3-12-14(6-11)22-9-21-12/h2-7,18H,8-9H2,1H3. The lowest BCUT2D eigenvalue weighted by molar-refractivity contribution is 0.174. The number of ether oxygens (including phenoxy) is 2. The first-order valence-corrected chi connectivity index (χ1v) is 8.91. The number of hydrogen-bond acceptors (Lipinski definition) is 7. The molecule has 8 nitrogen and oxygen atoms in total.